The molecule has 1 aromatic carbocycles. The zero-order valence-electron chi connectivity index (χ0n) is 5.66. The van der Waals surface area contributed by atoms with Crippen molar-refractivity contribution in [2.75, 3.05) is 11.2 Å². The predicted molar refractivity (Wildman–Crippen MR) is 40.9 cm³/mol. The van der Waals surface area contributed by atoms with Crippen LogP contribution in [0.25, 0.3) is 0 Å². The van der Waals surface area contributed by atoms with E-state index in [1.54, 1.807) is 18.2 Å². The largest absolute Gasteiger partial charge is 0.399 e. The first-order chi connectivity index (χ1) is 5.27. The standard InChI is InChI=1S/C7H6N3O/c8-4-1-2-6-5(3-4)7(11)10-9-6/h1-3,9H,8H2. The normalized spacial score (nSPS) is 13.6. The Kier molecular flexibility index (Phi) is 1.03. The number of carbonyl (C=O) groups is 1. The van der Waals surface area contributed by atoms with Crippen molar-refractivity contribution in [2.45, 2.75) is 0 Å². The maximum Gasteiger partial charge on any atom is 0.295 e. The molecule has 3 N–H and O–H groups in total. The summed E-state index contributed by atoms with van der Waals surface area (Å²) in [4.78, 5) is 10.9. The molecule has 0 fully saturated rings. The second kappa shape index (κ2) is 1.88. The maximum absolute atomic E-state index is 10.9. The van der Waals surface area contributed by atoms with Gasteiger partial charge >= 0.3 is 0 Å². The topological polar surface area (TPSA) is 69.2 Å². The van der Waals surface area contributed by atoms with Crippen molar-refractivity contribution in [3.8, 4) is 0 Å². The van der Waals surface area contributed by atoms with Crippen LogP contribution >= 0.6 is 0 Å². The Morgan fingerprint density at radius 1 is 1.45 bits per heavy atom. The minimum atomic E-state index is -0.257. The molecule has 2 rings (SSSR count). The summed E-state index contributed by atoms with van der Waals surface area (Å²) >= 11 is 0. The van der Waals surface area contributed by atoms with Crippen molar-refractivity contribution in [1.29, 1.82) is 0 Å². The lowest BCUT2D eigenvalue weighted by Crippen LogP contribution is -2.10. The number of benzene rings is 1. The molecule has 1 aliphatic heterocycles. The van der Waals surface area contributed by atoms with Crippen LogP contribution in [0.3, 0.4) is 0 Å². The average Bonchev–Trinajstić information content (AvgIpc) is 2.33. The van der Waals surface area contributed by atoms with Gasteiger partial charge in [0.25, 0.3) is 5.91 Å². The second-order valence-corrected chi connectivity index (χ2v) is 2.33. The fraction of sp³-hybridized carbons (Fsp3) is 0. The van der Waals surface area contributed by atoms with Crippen LogP contribution in [0.5, 0.6) is 0 Å². The quantitative estimate of drug-likeness (QED) is 0.522. The third-order valence-electron chi connectivity index (χ3n) is 1.55. The molecule has 0 saturated carbocycles. The molecule has 0 bridgehead atoms. The van der Waals surface area contributed by atoms with Crippen molar-refractivity contribution in [3.05, 3.63) is 23.8 Å². The fourth-order valence-corrected chi connectivity index (χ4v) is 1.01. The Bertz CT molecular complexity index is 321. The van der Waals surface area contributed by atoms with Crippen LogP contribution in [0, 0.1) is 0 Å². The third kappa shape index (κ3) is 0.797. The van der Waals surface area contributed by atoms with E-state index in [0.717, 1.165) is 5.69 Å². The van der Waals surface area contributed by atoms with Gasteiger partial charge < -0.3 is 5.73 Å². The lowest BCUT2D eigenvalue weighted by atomic mass is 10.2. The van der Waals surface area contributed by atoms with Crippen LogP contribution in [0.2, 0.25) is 0 Å². The van der Waals surface area contributed by atoms with Gasteiger partial charge in [0, 0.05) is 5.69 Å². The van der Waals surface area contributed by atoms with Crippen molar-refractivity contribution in [1.82, 2.24) is 5.43 Å². The van der Waals surface area contributed by atoms with Crippen LogP contribution in [0.1, 0.15) is 10.4 Å². The Hall–Kier alpha value is -1.71. The predicted octanol–water partition coefficient (Wildman–Crippen LogP) is 0.354. The van der Waals surface area contributed by atoms with E-state index < -0.39 is 0 Å². The minimum absolute atomic E-state index is 0.257. The van der Waals surface area contributed by atoms with Gasteiger partial charge in [-0.2, -0.15) is 0 Å². The van der Waals surface area contributed by atoms with E-state index in [2.05, 4.69) is 10.9 Å². The highest BCUT2D eigenvalue weighted by Gasteiger charge is 2.19. The second-order valence-electron chi connectivity index (χ2n) is 2.33. The molecule has 1 amide bonds. The van der Waals surface area contributed by atoms with Crippen LogP contribution in [0.4, 0.5) is 11.4 Å². The van der Waals surface area contributed by atoms with Gasteiger partial charge in [-0.15, -0.1) is 5.43 Å². The number of hydrogen-bond donors (Lipinski definition) is 2. The molecule has 1 aromatic rings. The molecule has 4 nitrogen and oxygen atoms in total. The Labute approximate surface area is 63.4 Å². The Morgan fingerprint density at radius 3 is 3.09 bits per heavy atom. The number of nitrogens with one attached hydrogen (secondary N) is 1. The van der Waals surface area contributed by atoms with Gasteiger partial charge in [-0.05, 0) is 18.2 Å². The molecular weight excluding hydrogens is 142 g/mol. The first kappa shape index (κ1) is 6.03. The Morgan fingerprint density at radius 2 is 2.27 bits per heavy atom. The van der Waals surface area contributed by atoms with Gasteiger partial charge in [-0.3, -0.25) is 10.2 Å². The van der Waals surface area contributed by atoms with E-state index >= 15 is 0 Å². The molecule has 1 heterocycles. The molecule has 0 aromatic heterocycles. The van der Waals surface area contributed by atoms with Crippen molar-refractivity contribution < 1.29 is 4.79 Å². The number of fused-ring (bicyclic) bond motifs is 1. The summed E-state index contributed by atoms with van der Waals surface area (Å²) in [6.45, 7) is 0. The number of carbonyl (C=O) groups excluding carboxylic acids is 1. The molecule has 0 saturated heterocycles. The number of rotatable bonds is 0. The van der Waals surface area contributed by atoms with Gasteiger partial charge in [-0.25, -0.2) is 0 Å². The number of amides is 1. The summed E-state index contributed by atoms with van der Waals surface area (Å²) in [5.41, 5.74) is 13.4. The molecule has 0 atom stereocenters. The van der Waals surface area contributed by atoms with Crippen LogP contribution in [0.15, 0.2) is 18.2 Å². The highest BCUT2D eigenvalue weighted by atomic mass is 16.2. The monoisotopic (exact) mass is 148 g/mol. The average molecular weight is 148 g/mol. The van der Waals surface area contributed by atoms with Crippen LogP contribution < -0.4 is 16.6 Å². The first-order valence-electron chi connectivity index (χ1n) is 3.18. The van der Waals surface area contributed by atoms with E-state index in [0.29, 0.717) is 11.3 Å². The third-order valence-corrected chi connectivity index (χ3v) is 1.55. The van der Waals surface area contributed by atoms with Crippen molar-refractivity contribution >= 4 is 17.3 Å². The van der Waals surface area contributed by atoms with Crippen molar-refractivity contribution in [3.63, 3.8) is 0 Å². The van der Waals surface area contributed by atoms with Gasteiger partial charge in [0.15, 0.2) is 0 Å². The lowest BCUT2D eigenvalue weighted by Gasteiger charge is -1.95. The number of hydrogen-bond acceptors (Lipinski definition) is 3. The molecule has 1 radical (unpaired) electrons. The van der Waals surface area contributed by atoms with E-state index in [1.165, 1.54) is 0 Å². The van der Waals surface area contributed by atoms with Gasteiger partial charge in [0.1, 0.15) is 0 Å². The highest BCUT2D eigenvalue weighted by Crippen LogP contribution is 2.22. The number of nitrogens with two attached hydrogens (primary N) is 1. The summed E-state index contributed by atoms with van der Waals surface area (Å²) in [6.07, 6.45) is 0. The SMILES string of the molecule is Nc1ccc2c(c1)C(=O)[N]N2. The van der Waals surface area contributed by atoms with Crippen LogP contribution in [-0.2, 0) is 0 Å². The summed E-state index contributed by atoms with van der Waals surface area (Å²) in [6, 6.07) is 5.07. The molecule has 0 spiro atoms. The number of nitrogens with zero attached hydrogens (tertiary/aromatic N) is 1. The molecule has 55 valence electrons. The first-order valence-corrected chi connectivity index (χ1v) is 3.18. The van der Waals surface area contributed by atoms with Crippen molar-refractivity contribution in [2.24, 2.45) is 0 Å². The fourth-order valence-electron chi connectivity index (χ4n) is 1.01. The summed E-state index contributed by atoms with van der Waals surface area (Å²) in [5.74, 6) is -0.257. The zero-order chi connectivity index (χ0) is 7.84. The zero-order valence-corrected chi connectivity index (χ0v) is 5.66. The number of nitrogen functional groups attached to an aromatic ring is 1. The Balaban J connectivity index is 2.60. The van der Waals surface area contributed by atoms with E-state index in [4.69, 9.17) is 5.73 Å². The van der Waals surface area contributed by atoms with E-state index in [-0.39, 0.29) is 5.91 Å². The lowest BCUT2D eigenvalue weighted by molar-refractivity contribution is 0.0969. The maximum atomic E-state index is 10.9. The molecular formula is C7H6N3O. The number of anilines is 2. The molecule has 1 aliphatic rings. The van der Waals surface area contributed by atoms with Gasteiger partial charge in [0.2, 0.25) is 0 Å². The molecule has 0 unspecified atom stereocenters. The van der Waals surface area contributed by atoms with Crippen LogP contribution in [-0.4, -0.2) is 5.91 Å². The van der Waals surface area contributed by atoms with E-state index in [9.17, 15) is 4.79 Å². The summed E-state index contributed by atoms with van der Waals surface area (Å²) in [7, 11) is 0. The smallest absolute Gasteiger partial charge is 0.295 e. The summed E-state index contributed by atoms with van der Waals surface area (Å²) in [5, 5.41) is 0. The van der Waals surface area contributed by atoms with E-state index in [1.807, 2.05) is 0 Å². The highest BCUT2D eigenvalue weighted by molar-refractivity contribution is 6.04. The van der Waals surface area contributed by atoms with Gasteiger partial charge in [-0.1, -0.05) is 0 Å². The molecule has 4 heteroatoms. The van der Waals surface area contributed by atoms with Gasteiger partial charge in [0.05, 0.1) is 11.3 Å². The minimum Gasteiger partial charge on any atom is -0.399 e. The molecule has 11 heavy (non-hydrogen) atoms. The molecule has 0 aliphatic carbocycles. The summed E-state index contributed by atoms with van der Waals surface area (Å²) < 4.78 is 0.